The summed E-state index contributed by atoms with van der Waals surface area (Å²) in [7, 11) is 0. The third-order valence-corrected chi connectivity index (χ3v) is 6.58. The first-order valence-corrected chi connectivity index (χ1v) is 12.2. The summed E-state index contributed by atoms with van der Waals surface area (Å²) in [6.07, 6.45) is 1.42. The van der Waals surface area contributed by atoms with Crippen LogP contribution in [0.15, 0.2) is 41.6 Å². The van der Waals surface area contributed by atoms with Gasteiger partial charge in [-0.3, -0.25) is 4.79 Å². The monoisotopic (exact) mass is 532 g/mol. The number of carbonyl (C=O) groups excluding carboxylic acids is 1. The number of carbonyl (C=O) groups is 1. The van der Waals surface area contributed by atoms with Crippen LogP contribution in [0.1, 0.15) is 19.2 Å². The van der Waals surface area contributed by atoms with Gasteiger partial charge in [-0.2, -0.15) is 0 Å². The van der Waals surface area contributed by atoms with Crippen molar-refractivity contribution in [1.82, 2.24) is 14.8 Å². The van der Waals surface area contributed by atoms with E-state index in [1.54, 1.807) is 36.4 Å². The molecule has 11 heteroatoms. The first kappa shape index (κ1) is 25.0. The Labute approximate surface area is 210 Å². The quantitative estimate of drug-likeness (QED) is 0.233. The molecule has 1 amide bonds. The van der Waals surface area contributed by atoms with Crippen molar-refractivity contribution in [1.29, 1.82) is 0 Å². The predicted octanol–water partition coefficient (Wildman–Crippen LogP) is 6.65. The van der Waals surface area contributed by atoms with Crippen molar-refractivity contribution < 1.29 is 9.53 Å². The molecular formula is C21H20Cl4N4O2S. The molecule has 1 aromatic heterocycles. The molecule has 1 heterocycles. The number of amides is 1. The highest BCUT2D eigenvalue weighted by atomic mass is 35.5. The maximum atomic E-state index is 12.3. The average molecular weight is 534 g/mol. The molecule has 0 spiro atoms. The lowest BCUT2D eigenvalue weighted by molar-refractivity contribution is -0.113. The highest BCUT2D eigenvalue weighted by molar-refractivity contribution is 7.99. The van der Waals surface area contributed by atoms with Crippen molar-refractivity contribution in [3.8, 4) is 5.75 Å². The summed E-state index contributed by atoms with van der Waals surface area (Å²) >= 11 is 25.2. The van der Waals surface area contributed by atoms with E-state index in [4.69, 9.17) is 51.1 Å². The number of hydrogen-bond donors (Lipinski definition) is 1. The van der Waals surface area contributed by atoms with E-state index in [0.717, 1.165) is 12.2 Å². The molecule has 0 aliphatic rings. The Hall–Kier alpha value is -1.64. The molecule has 0 aliphatic carbocycles. The maximum Gasteiger partial charge on any atom is 0.234 e. The van der Waals surface area contributed by atoms with Crippen LogP contribution in [0.5, 0.6) is 5.75 Å². The van der Waals surface area contributed by atoms with Crippen LogP contribution in [-0.2, 0) is 17.8 Å². The van der Waals surface area contributed by atoms with Gasteiger partial charge in [0.25, 0.3) is 0 Å². The van der Waals surface area contributed by atoms with Gasteiger partial charge < -0.3 is 14.6 Å². The van der Waals surface area contributed by atoms with Crippen molar-refractivity contribution in [2.75, 3.05) is 17.7 Å². The number of nitrogens with zero attached hydrogens (tertiary/aromatic N) is 3. The van der Waals surface area contributed by atoms with Crippen molar-refractivity contribution in [2.45, 2.75) is 31.5 Å². The largest absolute Gasteiger partial charge is 0.492 e. The molecular weight excluding hydrogens is 514 g/mol. The smallest absolute Gasteiger partial charge is 0.234 e. The molecule has 0 aliphatic heterocycles. The normalized spacial score (nSPS) is 10.9. The van der Waals surface area contributed by atoms with Gasteiger partial charge in [-0.25, -0.2) is 0 Å². The molecule has 0 saturated heterocycles. The van der Waals surface area contributed by atoms with E-state index in [1.807, 2.05) is 11.5 Å². The molecule has 0 atom stereocenters. The summed E-state index contributed by atoms with van der Waals surface area (Å²) in [4.78, 5) is 12.3. The Morgan fingerprint density at radius 3 is 2.59 bits per heavy atom. The first-order valence-electron chi connectivity index (χ1n) is 9.75. The molecule has 0 unspecified atom stereocenters. The summed E-state index contributed by atoms with van der Waals surface area (Å²) in [5.41, 5.74) is 0.587. The molecule has 3 aromatic rings. The summed E-state index contributed by atoms with van der Waals surface area (Å²) in [6, 6.07) is 10.1. The summed E-state index contributed by atoms with van der Waals surface area (Å²) in [5, 5.41) is 13.9. The molecule has 2 aromatic carbocycles. The Morgan fingerprint density at radius 1 is 1.06 bits per heavy atom. The number of aryl methyl sites for hydroxylation is 1. The lowest BCUT2D eigenvalue weighted by Gasteiger charge is -2.10. The van der Waals surface area contributed by atoms with E-state index in [-0.39, 0.29) is 11.7 Å². The molecule has 0 fully saturated rings. The minimum atomic E-state index is -0.172. The number of aromatic nitrogens is 3. The highest BCUT2D eigenvalue weighted by Gasteiger charge is 2.14. The number of nitrogens with one attached hydrogen (secondary N) is 1. The van der Waals surface area contributed by atoms with Crippen LogP contribution in [0, 0.1) is 0 Å². The predicted molar refractivity (Wildman–Crippen MR) is 132 cm³/mol. The minimum Gasteiger partial charge on any atom is -0.492 e. The highest BCUT2D eigenvalue weighted by Crippen LogP contribution is 2.28. The average Bonchev–Trinajstić information content (AvgIpc) is 3.15. The molecule has 6 nitrogen and oxygen atoms in total. The Morgan fingerprint density at radius 2 is 1.88 bits per heavy atom. The zero-order valence-corrected chi connectivity index (χ0v) is 20.9. The van der Waals surface area contributed by atoms with Gasteiger partial charge >= 0.3 is 0 Å². The molecule has 0 radical (unpaired) electrons. The molecule has 3 rings (SSSR count). The fourth-order valence-corrected chi connectivity index (χ4v) is 4.42. The molecule has 0 saturated carbocycles. The van der Waals surface area contributed by atoms with Crippen LogP contribution in [0.2, 0.25) is 20.1 Å². The summed E-state index contributed by atoms with van der Waals surface area (Å²) in [5.74, 6) is 1.45. The summed E-state index contributed by atoms with van der Waals surface area (Å²) in [6.45, 7) is 3.19. The van der Waals surface area contributed by atoms with Crippen molar-refractivity contribution in [2.24, 2.45) is 0 Å². The Kier molecular flexibility index (Phi) is 9.37. The Balaban J connectivity index is 1.49. The number of hydrogen-bond acceptors (Lipinski definition) is 5. The second-order valence-corrected chi connectivity index (χ2v) is 9.24. The van der Waals surface area contributed by atoms with Crippen molar-refractivity contribution in [3.63, 3.8) is 0 Å². The number of anilines is 1. The third kappa shape index (κ3) is 6.93. The SMILES string of the molecule is CCn1c(CCCOc2ccc(Cl)cc2Cl)nnc1SCC(=O)Nc1ccc(Cl)c(Cl)c1. The molecule has 32 heavy (non-hydrogen) atoms. The third-order valence-electron chi connectivity index (χ3n) is 4.34. The van der Waals surface area contributed by atoms with E-state index >= 15 is 0 Å². The van der Waals surface area contributed by atoms with Gasteiger partial charge in [0.1, 0.15) is 11.6 Å². The lowest BCUT2D eigenvalue weighted by Crippen LogP contribution is -2.14. The Bertz CT molecular complexity index is 1090. The molecule has 1 N–H and O–H groups in total. The van der Waals surface area contributed by atoms with E-state index in [9.17, 15) is 4.79 Å². The fourth-order valence-electron chi connectivity index (χ4n) is 2.83. The van der Waals surface area contributed by atoms with Crippen molar-refractivity contribution in [3.05, 3.63) is 62.3 Å². The van der Waals surface area contributed by atoms with E-state index in [1.165, 1.54) is 11.8 Å². The minimum absolute atomic E-state index is 0.172. The van der Waals surface area contributed by atoms with Gasteiger partial charge in [0.2, 0.25) is 5.91 Å². The van der Waals surface area contributed by atoms with E-state index in [0.29, 0.717) is 56.3 Å². The van der Waals surface area contributed by atoms with Gasteiger partial charge in [0.15, 0.2) is 5.16 Å². The number of thioether (sulfide) groups is 1. The van der Waals surface area contributed by atoms with Gasteiger partial charge in [-0.15, -0.1) is 10.2 Å². The maximum absolute atomic E-state index is 12.3. The number of halogens is 4. The first-order chi connectivity index (χ1) is 15.4. The van der Waals surface area contributed by atoms with Crippen LogP contribution < -0.4 is 10.1 Å². The fraction of sp³-hybridized carbons (Fsp3) is 0.286. The molecule has 0 bridgehead atoms. The topological polar surface area (TPSA) is 69.0 Å². The van der Waals surface area contributed by atoms with Gasteiger partial charge in [0.05, 0.1) is 27.4 Å². The zero-order chi connectivity index (χ0) is 23.1. The number of rotatable bonds is 10. The van der Waals surface area contributed by atoms with Gasteiger partial charge in [-0.1, -0.05) is 58.2 Å². The second kappa shape index (κ2) is 12.0. The summed E-state index contributed by atoms with van der Waals surface area (Å²) < 4.78 is 7.71. The van der Waals surface area contributed by atoms with Crippen LogP contribution in [0.4, 0.5) is 5.69 Å². The van der Waals surface area contributed by atoms with Crippen LogP contribution in [-0.4, -0.2) is 33.0 Å². The van der Waals surface area contributed by atoms with Crippen LogP contribution in [0.25, 0.3) is 0 Å². The molecule has 170 valence electrons. The number of ether oxygens (including phenoxy) is 1. The zero-order valence-electron chi connectivity index (χ0n) is 17.1. The van der Waals surface area contributed by atoms with E-state index in [2.05, 4.69) is 15.5 Å². The van der Waals surface area contributed by atoms with Crippen molar-refractivity contribution >= 4 is 69.8 Å². The van der Waals surface area contributed by atoms with Crippen LogP contribution in [0.3, 0.4) is 0 Å². The van der Waals surface area contributed by atoms with Gasteiger partial charge in [0, 0.05) is 23.7 Å². The van der Waals surface area contributed by atoms with Gasteiger partial charge in [-0.05, 0) is 49.7 Å². The van der Waals surface area contributed by atoms with E-state index < -0.39 is 0 Å². The second-order valence-electron chi connectivity index (χ2n) is 6.64. The number of benzene rings is 2. The lowest BCUT2D eigenvalue weighted by atomic mass is 10.3. The standard InChI is InChI=1S/C21H20Cl4N4O2S/c1-2-29-19(4-3-9-31-18-8-5-13(22)10-17(18)25)27-28-21(29)32-12-20(30)26-14-6-7-15(23)16(24)11-14/h5-8,10-11H,2-4,9,12H2,1H3,(H,26,30). The van der Waals surface area contributed by atoms with Crippen LogP contribution >= 0.6 is 58.2 Å².